The maximum atomic E-state index is 3.51. The van der Waals surface area contributed by atoms with Crippen LogP contribution in [0.2, 0.25) is 0 Å². The minimum atomic E-state index is 1.13. The van der Waals surface area contributed by atoms with Crippen molar-refractivity contribution in [3.8, 4) is 11.1 Å². The summed E-state index contributed by atoms with van der Waals surface area (Å²) in [6.07, 6.45) is 0. The summed E-state index contributed by atoms with van der Waals surface area (Å²) >= 11 is 5.83. The molecular weight excluding hydrogens is 351 g/mol. The van der Waals surface area contributed by atoms with E-state index < -0.39 is 0 Å². The number of hydrogen-bond donors (Lipinski definition) is 0. The van der Waals surface area contributed by atoms with Crippen LogP contribution in [0.5, 0.6) is 0 Å². The lowest BCUT2D eigenvalue weighted by molar-refractivity contribution is 1.56. The molecule has 0 bridgehead atoms. The second-order valence-electron chi connectivity index (χ2n) is 3.02. The Labute approximate surface area is 106 Å². The summed E-state index contributed by atoms with van der Waals surface area (Å²) in [6, 6.07) is 16.8. The van der Waals surface area contributed by atoms with Gasteiger partial charge >= 0.3 is 0 Å². The van der Waals surface area contributed by atoms with Crippen LogP contribution in [0.1, 0.15) is 0 Å². The van der Waals surface area contributed by atoms with E-state index in [2.05, 4.69) is 81.0 Å². The molecule has 0 aromatic heterocycles. The molecular formula is C12H8BrI. The number of rotatable bonds is 1. The molecule has 0 spiro atoms. The molecule has 0 unspecified atom stereocenters. The molecule has 2 heteroatoms. The fraction of sp³-hybridized carbons (Fsp3) is 0. The third kappa shape index (κ3) is 2.36. The van der Waals surface area contributed by atoms with Crippen molar-refractivity contribution in [2.75, 3.05) is 0 Å². The molecule has 0 saturated carbocycles. The molecule has 0 N–H and O–H groups in total. The van der Waals surface area contributed by atoms with Gasteiger partial charge in [-0.3, -0.25) is 0 Å². The Balaban J connectivity index is 2.52. The number of halogens is 2. The zero-order valence-corrected chi connectivity index (χ0v) is 11.1. The Bertz CT molecular complexity index is 417. The van der Waals surface area contributed by atoms with Crippen LogP contribution in [-0.2, 0) is 0 Å². The maximum Gasteiger partial charge on any atom is 0.0191 e. The molecule has 0 saturated heterocycles. The first-order chi connectivity index (χ1) is 6.75. The van der Waals surface area contributed by atoms with Crippen molar-refractivity contribution in [3.05, 3.63) is 56.6 Å². The van der Waals surface area contributed by atoms with Crippen LogP contribution in [0.3, 0.4) is 0 Å². The lowest BCUT2D eigenvalue weighted by Crippen LogP contribution is -1.79. The Morgan fingerprint density at radius 2 is 1.57 bits per heavy atom. The fourth-order valence-corrected chi connectivity index (χ4v) is 2.94. The molecule has 70 valence electrons. The van der Waals surface area contributed by atoms with Crippen molar-refractivity contribution in [1.82, 2.24) is 0 Å². The van der Waals surface area contributed by atoms with Gasteiger partial charge in [0, 0.05) is 8.04 Å². The van der Waals surface area contributed by atoms with E-state index in [-0.39, 0.29) is 0 Å². The molecule has 0 fully saturated rings. The van der Waals surface area contributed by atoms with Crippen molar-refractivity contribution >= 4 is 38.5 Å². The lowest BCUT2D eigenvalue weighted by atomic mass is 10.1. The van der Waals surface area contributed by atoms with E-state index in [1.807, 2.05) is 6.07 Å². The Morgan fingerprint density at radius 3 is 2.21 bits per heavy atom. The highest BCUT2D eigenvalue weighted by molar-refractivity contribution is 14.1. The topological polar surface area (TPSA) is 0 Å². The number of benzene rings is 2. The quantitative estimate of drug-likeness (QED) is 0.647. The minimum absolute atomic E-state index is 1.13. The summed E-state index contributed by atoms with van der Waals surface area (Å²) in [5.41, 5.74) is 2.51. The summed E-state index contributed by atoms with van der Waals surface area (Å²) in [6.45, 7) is 0. The molecule has 2 aromatic carbocycles. The molecule has 0 aliphatic rings. The highest BCUT2D eigenvalue weighted by Crippen LogP contribution is 2.25. The first-order valence-corrected chi connectivity index (χ1v) is 6.14. The molecule has 14 heavy (non-hydrogen) atoms. The summed E-state index contributed by atoms with van der Waals surface area (Å²) < 4.78 is 2.37. The van der Waals surface area contributed by atoms with Crippen molar-refractivity contribution < 1.29 is 0 Å². The highest BCUT2D eigenvalue weighted by atomic mass is 127. The first kappa shape index (κ1) is 10.2. The van der Waals surface area contributed by atoms with Crippen LogP contribution in [-0.4, -0.2) is 0 Å². The monoisotopic (exact) mass is 358 g/mol. The molecule has 0 atom stereocenters. The van der Waals surface area contributed by atoms with Gasteiger partial charge in [-0.05, 0) is 51.9 Å². The Kier molecular flexibility index (Phi) is 3.23. The molecule has 0 aliphatic heterocycles. The van der Waals surface area contributed by atoms with Gasteiger partial charge in [0.25, 0.3) is 0 Å². The van der Waals surface area contributed by atoms with Crippen LogP contribution in [0.15, 0.2) is 53.0 Å². The Hall–Kier alpha value is -0.350. The van der Waals surface area contributed by atoms with E-state index in [1.54, 1.807) is 0 Å². The van der Waals surface area contributed by atoms with Crippen molar-refractivity contribution in [1.29, 1.82) is 0 Å². The second-order valence-corrected chi connectivity index (χ2v) is 5.19. The van der Waals surface area contributed by atoms with E-state index in [9.17, 15) is 0 Å². The summed E-state index contributed by atoms with van der Waals surface area (Å²) in [5.74, 6) is 0. The van der Waals surface area contributed by atoms with Crippen LogP contribution in [0.25, 0.3) is 11.1 Å². The average Bonchev–Trinajstić information content (AvgIpc) is 2.18. The molecule has 0 nitrogen and oxygen atoms in total. The van der Waals surface area contributed by atoms with Crippen LogP contribution >= 0.6 is 38.5 Å². The summed E-state index contributed by atoms with van der Waals surface area (Å²) in [4.78, 5) is 0. The van der Waals surface area contributed by atoms with E-state index in [4.69, 9.17) is 0 Å². The van der Waals surface area contributed by atoms with E-state index in [1.165, 1.54) is 14.7 Å². The zero-order valence-electron chi connectivity index (χ0n) is 7.37. The predicted octanol–water partition coefficient (Wildman–Crippen LogP) is 4.72. The fourth-order valence-electron chi connectivity index (χ4n) is 1.35. The average molecular weight is 359 g/mol. The summed E-state index contributed by atoms with van der Waals surface area (Å²) in [5, 5.41) is 0. The molecule has 0 amide bonds. The normalized spacial score (nSPS) is 10.1. The van der Waals surface area contributed by atoms with Crippen molar-refractivity contribution in [2.24, 2.45) is 0 Å². The minimum Gasteiger partial charge on any atom is -0.0622 e. The van der Waals surface area contributed by atoms with Gasteiger partial charge in [-0.25, -0.2) is 0 Å². The van der Waals surface area contributed by atoms with Gasteiger partial charge in [0.2, 0.25) is 0 Å². The highest BCUT2D eigenvalue weighted by Gasteiger charge is 1.99. The molecule has 0 radical (unpaired) electrons. The van der Waals surface area contributed by atoms with Gasteiger partial charge in [-0.15, -0.1) is 0 Å². The first-order valence-electron chi connectivity index (χ1n) is 4.27. The molecule has 0 heterocycles. The third-order valence-electron chi connectivity index (χ3n) is 1.97. The van der Waals surface area contributed by atoms with Gasteiger partial charge in [-0.2, -0.15) is 0 Å². The SMILES string of the molecule is Brc1cc(I)cc(-c2ccccc2)c1. The van der Waals surface area contributed by atoms with Gasteiger partial charge < -0.3 is 0 Å². The van der Waals surface area contributed by atoms with Crippen LogP contribution in [0, 0.1) is 3.57 Å². The Morgan fingerprint density at radius 1 is 0.857 bits per heavy atom. The van der Waals surface area contributed by atoms with Gasteiger partial charge in [0.05, 0.1) is 0 Å². The number of hydrogen-bond acceptors (Lipinski definition) is 0. The van der Waals surface area contributed by atoms with Gasteiger partial charge in [0.1, 0.15) is 0 Å². The second kappa shape index (κ2) is 4.45. The largest absolute Gasteiger partial charge is 0.0622 e. The maximum absolute atomic E-state index is 3.51. The molecule has 0 aliphatic carbocycles. The lowest BCUT2D eigenvalue weighted by Gasteiger charge is -2.03. The standard InChI is InChI=1S/C12H8BrI/c13-11-6-10(7-12(14)8-11)9-4-2-1-3-5-9/h1-8H. The third-order valence-corrected chi connectivity index (χ3v) is 3.05. The van der Waals surface area contributed by atoms with Crippen molar-refractivity contribution in [3.63, 3.8) is 0 Å². The smallest absolute Gasteiger partial charge is 0.0191 e. The van der Waals surface area contributed by atoms with Crippen molar-refractivity contribution in [2.45, 2.75) is 0 Å². The van der Waals surface area contributed by atoms with Crippen LogP contribution < -0.4 is 0 Å². The van der Waals surface area contributed by atoms with E-state index >= 15 is 0 Å². The molecule has 2 aromatic rings. The van der Waals surface area contributed by atoms with Gasteiger partial charge in [0.15, 0.2) is 0 Å². The van der Waals surface area contributed by atoms with Gasteiger partial charge in [-0.1, -0.05) is 46.3 Å². The van der Waals surface area contributed by atoms with E-state index in [0.717, 1.165) is 4.47 Å². The summed E-state index contributed by atoms with van der Waals surface area (Å²) in [7, 11) is 0. The predicted molar refractivity (Wildman–Crippen MR) is 72.3 cm³/mol. The van der Waals surface area contributed by atoms with Crippen LogP contribution in [0.4, 0.5) is 0 Å². The zero-order chi connectivity index (χ0) is 9.97. The van der Waals surface area contributed by atoms with E-state index in [0.29, 0.717) is 0 Å². The molecule has 2 rings (SSSR count).